The van der Waals surface area contributed by atoms with E-state index in [1.807, 2.05) is 0 Å². The van der Waals surface area contributed by atoms with Gasteiger partial charge in [-0.25, -0.2) is 4.68 Å². The van der Waals surface area contributed by atoms with E-state index in [2.05, 4.69) is 28.8 Å². The summed E-state index contributed by atoms with van der Waals surface area (Å²) in [5.74, 6) is 1.86. The SMILES string of the molecule is CC(C)CCn1nnc(CCl)c1C1CCC1. The highest BCUT2D eigenvalue weighted by atomic mass is 35.5. The predicted octanol–water partition coefficient (Wildman–Crippen LogP) is 3.33. The summed E-state index contributed by atoms with van der Waals surface area (Å²) in [4.78, 5) is 0. The minimum atomic E-state index is 0.494. The van der Waals surface area contributed by atoms with Gasteiger partial charge in [-0.1, -0.05) is 25.5 Å². The zero-order valence-corrected chi connectivity index (χ0v) is 10.9. The van der Waals surface area contributed by atoms with Crippen LogP contribution in [0.4, 0.5) is 0 Å². The first-order valence-corrected chi connectivity index (χ1v) is 6.74. The molecule has 0 bridgehead atoms. The van der Waals surface area contributed by atoms with E-state index in [9.17, 15) is 0 Å². The van der Waals surface area contributed by atoms with Crippen molar-refractivity contribution in [3.63, 3.8) is 0 Å². The van der Waals surface area contributed by atoms with Gasteiger partial charge in [0.1, 0.15) is 5.69 Å². The van der Waals surface area contributed by atoms with E-state index in [1.54, 1.807) is 0 Å². The molecule has 1 heterocycles. The summed E-state index contributed by atoms with van der Waals surface area (Å²) < 4.78 is 2.08. The van der Waals surface area contributed by atoms with E-state index in [1.165, 1.54) is 25.0 Å². The molecule has 0 N–H and O–H groups in total. The first-order valence-electron chi connectivity index (χ1n) is 6.20. The Morgan fingerprint density at radius 3 is 2.69 bits per heavy atom. The van der Waals surface area contributed by atoms with Gasteiger partial charge in [-0.15, -0.1) is 16.7 Å². The summed E-state index contributed by atoms with van der Waals surface area (Å²) in [6.45, 7) is 5.46. The molecule has 0 saturated heterocycles. The molecule has 0 radical (unpaired) electrons. The Labute approximate surface area is 102 Å². The molecular formula is C12H20ClN3. The second-order valence-corrected chi connectivity index (χ2v) is 5.36. The monoisotopic (exact) mass is 241 g/mol. The average Bonchev–Trinajstić information content (AvgIpc) is 2.55. The van der Waals surface area contributed by atoms with Crippen molar-refractivity contribution in [3.05, 3.63) is 11.4 Å². The van der Waals surface area contributed by atoms with Crippen LogP contribution in [0.1, 0.15) is 56.8 Å². The number of halogens is 1. The van der Waals surface area contributed by atoms with Crippen LogP contribution in [-0.4, -0.2) is 15.0 Å². The lowest BCUT2D eigenvalue weighted by atomic mass is 9.82. The van der Waals surface area contributed by atoms with Crippen LogP contribution in [0.25, 0.3) is 0 Å². The van der Waals surface area contributed by atoms with Gasteiger partial charge in [0, 0.05) is 12.5 Å². The molecule has 0 aliphatic heterocycles. The normalized spacial score (nSPS) is 16.8. The van der Waals surface area contributed by atoms with Crippen LogP contribution in [0.5, 0.6) is 0 Å². The van der Waals surface area contributed by atoms with Gasteiger partial charge in [0.25, 0.3) is 0 Å². The first-order chi connectivity index (χ1) is 7.72. The van der Waals surface area contributed by atoms with E-state index >= 15 is 0 Å². The molecule has 0 amide bonds. The molecule has 2 rings (SSSR count). The van der Waals surface area contributed by atoms with Crippen LogP contribution >= 0.6 is 11.6 Å². The lowest BCUT2D eigenvalue weighted by Crippen LogP contribution is -2.17. The summed E-state index contributed by atoms with van der Waals surface area (Å²) in [5, 5.41) is 8.44. The van der Waals surface area contributed by atoms with Crippen LogP contribution in [0, 0.1) is 5.92 Å². The van der Waals surface area contributed by atoms with Crippen molar-refractivity contribution in [2.24, 2.45) is 5.92 Å². The van der Waals surface area contributed by atoms with Crippen LogP contribution in [0.3, 0.4) is 0 Å². The van der Waals surface area contributed by atoms with Gasteiger partial charge in [-0.05, 0) is 25.2 Å². The molecule has 1 fully saturated rings. The van der Waals surface area contributed by atoms with Crippen LogP contribution in [0.15, 0.2) is 0 Å². The second-order valence-electron chi connectivity index (χ2n) is 5.09. The summed E-state index contributed by atoms with van der Waals surface area (Å²) in [5.41, 5.74) is 2.30. The molecule has 1 aromatic rings. The van der Waals surface area contributed by atoms with Crippen molar-refractivity contribution in [3.8, 4) is 0 Å². The molecule has 1 aromatic heterocycles. The smallest absolute Gasteiger partial charge is 0.101 e. The second kappa shape index (κ2) is 5.17. The highest BCUT2D eigenvalue weighted by Gasteiger charge is 2.27. The third kappa shape index (κ3) is 2.40. The molecule has 0 aromatic carbocycles. The lowest BCUT2D eigenvalue weighted by Gasteiger charge is -2.26. The fraction of sp³-hybridized carbons (Fsp3) is 0.833. The van der Waals surface area contributed by atoms with Gasteiger partial charge in [-0.3, -0.25) is 0 Å². The van der Waals surface area contributed by atoms with Gasteiger partial charge in [-0.2, -0.15) is 0 Å². The summed E-state index contributed by atoms with van der Waals surface area (Å²) >= 11 is 5.92. The Balaban J connectivity index is 2.13. The first kappa shape index (κ1) is 11.9. The van der Waals surface area contributed by atoms with Crippen molar-refractivity contribution in [1.82, 2.24) is 15.0 Å². The van der Waals surface area contributed by atoms with Gasteiger partial charge < -0.3 is 0 Å². The van der Waals surface area contributed by atoms with Crippen molar-refractivity contribution < 1.29 is 0 Å². The Kier molecular flexibility index (Phi) is 3.85. The number of nitrogens with zero attached hydrogens (tertiary/aromatic N) is 3. The maximum atomic E-state index is 5.92. The zero-order valence-electron chi connectivity index (χ0n) is 10.1. The molecule has 90 valence electrons. The molecule has 16 heavy (non-hydrogen) atoms. The van der Waals surface area contributed by atoms with Crippen molar-refractivity contribution in [2.45, 2.75) is 57.9 Å². The highest BCUT2D eigenvalue weighted by Crippen LogP contribution is 2.37. The van der Waals surface area contributed by atoms with Crippen molar-refractivity contribution in [1.29, 1.82) is 0 Å². The molecule has 0 spiro atoms. The number of hydrogen-bond donors (Lipinski definition) is 0. The Bertz CT molecular complexity index is 342. The molecule has 1 aliphatic rings. The molecule has 0 atom stereocenters. The number of alkyl halides is 1. The molecule has 3 nitrogen and oxygen atoms in total. The fourth-order valence-corrected chi connectivity index (χ4v) is 2.32. The number of aryl methyl sites for hydroxylation is 1. The molecule has 1 saturated carbocycles. The van der Waals surface area contributed by atoms with Crippen LogP contribution in [0.2, 0.25) is 0 Å². The van der Waals surface area contributed by atoms with E-state index in [-0.39, 0.29) is 0 Å². The maximum Gasteiger partial charge on any atom is 0.101 e. The lowest BCUT2D eigenvalue weighted by molar-refractivity contribution is 0.375. The number of hydrogen-bond acceptors (Lipinski definition) is 2. The van der Waals surface area contributed by atoms with Gasteiger partial charge >= 0.3 is 0 Å². The van der Waals surface area contributed by atoms with E-state index in [0.29, 0.717) is 17.7 Å². The zero-order chi connectivity index (χ0) is 11.5. The largest absolute Gasteiger partial charge is 0.249 e. The summed E-state index contributed by atoms with van der Waals surface area (Å²) in [6.07, 6.45) is 5.05. The molecular weight excluding hydrogens is 222 g/mol. The highest BCUT2D eigenvalue weighted by molar-refractivity contribution is 6.16. The molecule has 0 unspecified atom stereocenters. The minimum Gasteiger partial charge on any atom is -0.249 e. The van der Waals surface area contributed by atoms with E-state index in [0.717, 1.165) is 18.7 Å². The topological polar surface area (TPSA) is 30.7 Å². The van der Waals surface area contributed by atoms with Crippen LogP contribution < -0.4 is 0 Å². The predicted molar refractivity (Wildman–Crippen MR) is 65.6 cm³/mol. The quantitative estimate of drug-likeness (QED) is 0.741. The average molecular weight is 242 g/mol. The number of aromatic nitrogens is 3. The van der Waals surface area contributed by atoms with Crippen molar-refractivity contribution in [2.75, 3.05) is 0 Å². The third-order valence-corrected chi connectivity index (χ3v) is 3.64. The maximum absolute atomic E-state index is 5.92. The minimum absolute atomic E-state index is 0.494. The standard InChI is InChI=1S/C12H20ClN3/c1-9(2)6-7-16-12(10-4-3-5-10)11(8-13)14-15-16/h9-10H,3-8H2,1-2H3. The Morgan fingerprint density at radius 2 is 2.19 bits per heavy atom. The van der Waals surface area contributed by atoms with Crippen molar-refractivity contribution >= 4 is 11.6 Å². The number of rotatable bonds is 5. The van der Waals surface area contributed by atoms with E-state index in [4.69, 9.17) is 11.6 Å². The summed E-state index contributed by atoms with van der Waals surface area (Å²) in [6, 6.07) is 0. The molecule has 1 aliphatic carbocycles. The Morgan fingerprint density at radius 1 is 1.44 bits per heavy atom. The fourth-order valence-electron chi connectivity index (χ4n) is 2.13. The summed E-state index contributed by atoms with van der Waals surface area (Å²) in [7, 11) is 0. The Hall–Kier alpha value is -0.570. The van der Waals surface area contributed by atoms with Gasteiger partial charge in [0.2, 0.25) is 0 Å². The van der Waals surface area contributed by atoms with Gasteiger partial charge in [0.05, 0.1) is 11.6 Å². The van der Waals surface area contributed by atoms with Gasteiger partial charge in [0.15, 0.2) is 0 Å². The van der Waals surface area contributed by atoms with Crippen LogP contribution in [-0.2, 0) is 12.4 Å². The van der Waals surface area contributed by atoms with E-state index < -0.39 is 0 Å². The molecule has 4 heteroatoms. The third-order valence-electron chi connectivity index (χ3n) is 3.38.